The molecule has 1 aromatic carbocycles. The minimum Gasteiger partial charge on any atom is -0.344 e. The number of halogens is 4. The van der Waals surface area contributed by atoms with Crippen molar-refractivity contribution in [3.8, 4) is 0 Å². The summed E-state index contributed by atoms with van der Waals surface area (Å²) in [6.07, 6.45) is 0.423. The molecule has 0 saturated carbocycles. The Balaban J connectivity index is 1.99. The molecule has 0 fully saturated rings. The van der Waals surface area contributed by atoms with Gasteiger partial charge in [-0.1, -0.05) is 5.16 Å². The minimum absolute atomic E-state index is 0.0727. The Morgan fingerprint density at radius 1 is 1.43 bits per heavy atom. The van der Waals surface area contributed by atoms with Gasteiger partial charge in [0.25, 0.3) is 0 Å². The van der Waals surface area contributed by atoms with Crippen molar-refractivity contribution < 1.29 is 18.1 Å². The lowest BCUT2D eigenvalue weighted by atomic mass is 10.1. The fourth-order valence-electron chi connectivity index (χ4n) is 1.73. The van der Waals surface area contributed by atoms with Gasteiger partial charge in [-0.2, -0.15) is 0 Å². The Morgan fingerprint density at radius 3 is 2.57 bits per heavy atom. The van der Waals surface area contributed by atoms with Crippen molar-refractivity contribution >= 4 is 45.8 Å². The van der Waals surface area contributed by atoms with E-state index in [9.17, 15) is 13.6 Å². The molecule has 8 heteroatoms. The number of amides is 1. The van der Waals surface area contributed by atoms with Crippen molar-refractivity contribution in [3.63, 3.8) is 0 Å². The van der Waals surface area contributed by atoms with Crippen LogP contribution in [0.4, 0.5) is 14.5 Å². The van der Waals surface area contributed by atoms with E-state index in [4.69, 9.17) is 16.1 Å². The van der Waals surface area contributed by atoms with Gasteiger partial charge in [0.1, 0.15) is 11.6 Å². The zero-order valence-electron chi connectivity index (χ0n) is 10.8. The van der Waals surface area contributed by atoms with Crippen molar-refractivity contribution in [3.05, 3.63) is 43.8 Å². The Kier molecular flexibility index (Phi) is 5.15. The summed E-state index contributed by atoms with van der Waals surface area (Å²) in [7, 11) is 0. The molecule has 0 aliphatic carbocycles. The van der Waals surface area contributed by atoms with Crippen LogP contribution in [0.25, 0.3) is 0 Å². The van der Waals surface area contributed by atoms with Gasteiger partial charge in [-0.3, -0.25) is 4.79 Å². The zero-order valence-corrected chi connectivity index (χ0v) is 13.8. The van der Waals surface area contributed by atoms with E-state index in [1.807, 2.05) is 0 Å². The highest BCUT2D eigenvalue weighted by Gasteiger charge is 2.14. The molecule has 0 unspecified atom stereocenters. The molecule has 112 valence electrons. The van der Waals surface area contributed by atoms with Crippen molar-refractivity contribution in [1.82, 2.24) is 5.16 Å². The van der Waals surface area contributed by atoms with Crippen molar-refractivity contribution in [2.75, 3.05) is 5.32 Å². The number of rotatable bonds is 4. The average molecular weight is 427 g/mol. The Bertz CT molecular complexity index is 648. The highest BCUT2D eigenvalue weighted by Crippen LogP contribution is 2.22. The molecule has 2 aromatic rings. The van der Waals surface area contributed by atoms with Gasteiger partial charge in [-0.05, 0) is 59.7 Å². The van der Waals surface area contributed by atoms with Gasteiger partial charge < -0.3 is 9.84 Å². The van der Waals surface area contributed by atoms with E-state index in [0.29, 0.717) is 17.7 Å². The molecule has 1 N–H and O–H groups in total. The molecule has 1 heterocycles. The summed E-state index contributed by atoms with van der Waals surface area (Å²) in [5, 5.41) is 6.25. The fourth-order valence-corrected chi connectivity index (χ4v) is 2.31. The molecule has 0 atom stereocenters. The molecular formula is C13H10ClF2IN2O2. The number of carbonyl (C=O) groups is 1. The summed E-state index contributed by atoms with van der Waals surface area (Å²) < 4.78 is 31.4. The fraction of sp³-hybridized carbons (Fsp3) is 0.231. The van der Waals surface area contributed by atoms with Gasteiger partial charge in [-0.15, -0.1) is 0 Å². The van der Waals surface area contributed by atoms with E-state index in [2.05, 4.69) is 10.5 Å². The SMILES string of the molecule is Cc1noc(Cl)c1CCC(=O)Nc1cc(F)c(I)c(F)c1. The molecule has 2 rings (SSSR count). The van der Waals surface area contributed by atoms with Crippen LogP contribution in [-0.4, -0.2) is 11.1 Å². The molecule has 0 radical (unpaired) electrons. The van der Waals surface area contributed by atoms with Crippen LogP contribution < -0.4 is 5.32 Å². The predicted octanol–water partition coefficient (Wildman–Crippen LogP) is 4.09. The van der Waals surface area contributed by atoms with Gasteiger partial charge >= 0.3 is 0 Å². The first-order chi connectivity index (χ1) is 9.88. The number of anilines is 1. The first kappa shape index (κ1) is 16.2. The number of hydrogen-bond acceptors (Lipinski definition) is 3. The summed E-state index contributed by atoms with van der Waals surface area (Å²) in [4.78, 5) is 11.8. The first-order valence-corrected chi connectivity index (χ1v) is 7.39. The van der Waals surface area contributed by atoms with Gasteiger partial charge in [0.2, 0.25) is 11.1 Å². The van der Waals surface area contributed by atoms with E-state index in [-0.39, 0.29) is 26.8 Å². The maximum atomic E-state index is 13.4. The first-order valence-electron chi connectivity index (χ1n) is 5.93. The van der Waals surface area contributed by atoms with Crippen LogP contribution in [0.1, 0.15) is 17.7 Å². The van der Waals surface area contributed by atoms with Gasteiger partial charge in [0, 0.05) is 17.7 Å². The zero-order chi connectivity index (χ0) is 15.6. The number of aromatic nitrogens is 1. The Morgan fingerprint density at radius 2 is 2.05 bits per heavy atom. The lowest BCUT2D eigenvalue weighted by Crippen LogP contribution is -2.13. The summed E-state index contributed by atoms with van der Waals surface area (Å²) in [6.45, 7) is 1.71. The van der Waals surface area contributed by atoms with Crippen LogP contribution in [0.3, 0.4) is 0 Å². The van der Waals surface area contributed by atoms with Crippen molar-refractivity contribution in [2.24, 2.45) is 0 Å². The summed E-state index contributed by atoms with van der Waals surface area (Å²) in [5.74, 6) is -1.82. The highest BCUT2D eigenvalue weighted by molar-refractivity contribution is 14.1. The molecule has 0 aliphatic rings. The summed E-state index contributed by atoms with van der Waals surface area (Å²) in [6, 6.07) is 2.14. The van der Waals surface area contributed by atoms with Gasteiger partial charge in [0.15, 0.2) is 0 Å². The predicted molar refractivity (Wildman–Crippen MR) is 82.3 cm³/mol. The van der Waals surface area contributed by atoms with E-state index >= 15 is 0 Å². The van der Waals surface area contributed by atoms with Crippen LogP contribution in [0.2, 0.25) is 5.22 Å². The summed E-state index contributed by atoms with van der Waals surface area (Å²) >= 11 is 7.34. The third kappa shape index (κ3) is 3.91. The number of nitrogens with one attached hydrogen (secondary N) is 1. The van der Waals surface area contributed by atoms with Crippen molar-refractivity contribution in [1.29, 1.82) is 0 Å². The summed E-state index contributed by atoms with van der Waals surface area (Å²) in [5.41, 5.74) is 1.33. The van der Waals surface area contributed by atoms with Gasteiger partial charge in [0.05, 0.1) is 9.26 Å². The average Bonchev–Trinajstić information content (AvgIpc) is 2.73. The van der Waals surface area contributed by atoms with Gasteiger partial charge in [-0.25, -0.2) is 8.78 Å². The topological polar surface area (TPSA) is 55.1 Å². The molecule has 1 aromatic heterocycles. The second-order valence-electron chi connectivity index (χ2n) is 4.32. The minimum atomic E-state index is -0.719. The van der Waals surface area contributed by atoms with E-state index in [1.165, 1.54) is 0 Å². The van der Waals surface area contributed by atoms with Crippen molar-refractivity contribution in [2.45, 2.75) is 19.8 Å². The maximum Gasteiger partial charge on any atom is 0.229 e. The standard InChI is InChI=1S/C13H10ClF2IN2O2/c1-6-8(13(14)21-19-6)2-3-11(20)18-7-4-9(15)12(17)10(16)5-7/h4-5H,2-3H2,1H3,(H,18,20). The molecule has 1 amide bonds. The molecule has 0 aliphatic heterocycles. The van der Waals surface area contributed by atoms with Crippen LogP contribution in [0, 0.1) is 22.1 Å². The smallest absolute Gasteiger partial charge is 0.229 e. The molecule has 0 saturated heterocycles. The normalized spacial score (nSPS) is 10.7. The highest BCUT2D eigenvalue weighted by atomic mass is 127. The number of benzene rings is 1. The van der Waals surface area contributed by atoms with E-state index < -0.39 is 11.6 Å². The molecule has 21 heavy (non-hydrogen) atoms. The monoisotopic (exact) mass is 426 g/mol. The van der Waals surface area contributed by atoms with Crippen LogP contribution in [-0.2, 0) is 11.2 Å². The Hall–Kier alpha value is -1.22. The second-order valence-corrected chi connectivity index (χ2v) is 5.74. The van der Waals surface area contributed by atoms with E-state index in [1.54, 1.807) is 29.5 Å². The van der Waals surface area contributed by atoms with Crippen LogP contribution in [0.15, 0.2) is 16.7 Å². The lowest BCUT2D eigenvalue weighted by Gasteiger charge is -2.06. The van der Waals surface area contributed by atoms with Crippen LogP contribution in [0.5, 0.6) is 0 Å². The van der Waals surface area contributed by atoms with Crippen LogP contribution >= 0.6 is 34.2 Å². The number of carbonyl (C=O) groups excluding carboxylic acids is 1. The third-order valence-corrected chi connectivity index (χ3v) is 4.13. The number of hydrogen-bond donors (Lipinski definition) is 1. The third-order valence-electron chi connectivity index (χ3n) is 2.81. The van der Waals surface area contributed by atoms with E-state index in [0.717, 1.165) is 12.1 Å². The quantitative estimate of drug-likeness (QED) is 0.592. The Labute approximate surface area is 138 Å². The lowest BCUT2D eigenvalue weighted by molar-refractivity contribution is -0.116. The molecular weight excluding hydrogens is 417 g/mol. The largest absolute Gasteiger partial charge is 0.344 e. The number of aryl methyl sites for hydroxylation is 1. The molecule has 0 bridgehead atoms. The maximum absolute atomic E-state index is 13.4. The number of nitrogens with zero attached hydrogens (tertiary/aromatic N) is 1. The molecule has 4 nitrogen and oxygen atoms in total. The second kappa shape index (κ2) is 6.69. The molecule has 0 spiro atoms.